The van der Waals surface area contributed by atoms with Gasteiger partial charge in [-0.05, 0) is 62.9 Å². The Bertz CT molecular complexity index is 509. The molecule has 2 aliphatic rings. The molecule has 0 radical (unpaired) electrons. The molecule has 5 heteroatoms. The van der Waals surface area contributed by atoms with Crippen LogP contribution < -0.4 is 5.32 Å². The van der Waals surface area contributed by atoms with Crippen molar-refractivity contribution in [2.24, 2.45) is 5.92 Å². The second kappa shape index (κ2) is 8.58. The molecular formula is C19H29N3O2. The van der Waals surface area contributed by atoms with Gasteiger partial charge in [-0.2, -0.15) is 0 Å². The van der Waals surface area contributed by atoms with Crippen LogP contribution in [0.2, 0.25) is 0 Å². The smallest absolute Gasteiger partial charge is 0.223 e. The number of nitrogens with zero attached hydrogens (tertiary/aromatic N) is 2. The van der Waals surface area contributed by atoms with E-state index in [0.29, 0.717) is 6.04 Å². The van der Waals surface area contributed by atoms with Crippen molar-refractivity contribution in [2.75, 3.05) is 26.3 Å². The Morgan fingerprint density at radius 2 is 1.92 bits per heavy atom. The van der Waals surface area contributed by atoms with Crippen LogP contribution in [-0.2, 0) is 9.53 Å². The zero-order valence-corrected chi connectivity index (χ0v) is 14.6. The maximum Gasteiger partial charge on any atom is 0.223 e. The van der Waals surface area contributed by atoms with E-state index in [0.717, 1.165) is 64.0 Å². The first-order valence-corrected chi connectivity index (χ1v) is 9.30. The van der Waals surface area contributed by atoms with E-state index < -0.39 is 0 Å². The standard InChI is InChI=1S/C19H29N3O2/c1-2-18(15-3-9-20-10-4-15)21-19(23)16-5-11-22(12-6-16)17-7-13-24-14-8-17/h3-4,9-10,16-18H,2,5-8,11-14H2,1H3,(H,21,23). The van der Waals surface area contributed by atoms with Crippen molar-refractivity contribution in [3.63, 3.8) is 0 Å². The molecule has 3 rings (SSSR count). The highest BCUT2D eigenvalue weighted by molar-refractivity contribution is 5.79. The van der Waals surface area contributed by atoms with Gasteiger partial charge in [0.15, 0.2) is 0 Å². The zero-order valence-electron chi connectivity index (χ0n) is 14.6. The number of amides is 1. The SMILES string of the molecule is CCC(NC(=O)C1CCN(C2CCOCC2)CC1)c1ccncc1. The lowest BCUT2D eigenvalue weighted by Gasteiger charge is -2.39. The van der Waals surface area contributed by atoms with Gasteiger partial charge in [-0.15, -0.1) is 0 Å². The highest BCUT2D eigenvalue weighted by Crippen LogP contribution is 2.24. The van der Waals surface area contributed by atoms with Gasteiger partial charge in [0.1, 0.15) is 0 Å². The minimum Gasteiger partial charge on any atom is -0.381 e. The van der Waals surface area contributed by atoms with Gasteiger partial charge in [0.05, 0.1) is 6.04 Å². The third-order valence-electron chi connectivity index (χ3n) is 5.44. The Labute approximate surface area is 144 Å². The number of ether oxygens (including phenoxy) is 1. The van der Waals surface area contributed by atoms with E-state index in [9.17, 15) is 4.79 Å². The summed E-state index contributed by atoms with van der Waals surface area (Å²) in [6, 6.07) is 4.72. The molecule has 0 bridgehead atoms. The van der Waals surface area contributed by atoms with E-state index in [1.165, 1.54) is 0 Å². The van der Waals surface area contributed by atoms with Gasteiger partial charge in [-0.3, -0.25) is 9.78 Å². The Kier molecular flexibility index (Phi) is 6.21. The van der Waals surface area contributed by atoms with Gasteiger partial charge in [-0.25, -0.2) is 0 Å². The number of hydrogen-bond donors (Lipinski definition) is 1. The molecule has 1 unspecified atom stereocenters. The summed E-state index contributed by atoms with van der Waals surface area (Å²) in [5.41, 5.74) is 1.14. The van der Waals surface area contributed by atoms with Crippen LogP contribution in [0, 0.1) is 5.92 Å². The van der Waals surface area contributed by atoms with Crippen molar-refractivity contribution >= 4 is 5.91 Å². The number of nitrogens with one attached hydrogen (secondary N) is 1. The van der Waals surface area contributed by atoms with Gasteiger partial charge in [0.25, 0.3) is 0 Å². The number of hydrogen-bond acceptors (Lipinski definition) is 4. The molecule has 0 spiro atoms. The number of aromatic nitrogens is 1. The summed E-state index contributed by atoms with van der Waals surface area (Å²) < 4.78 is 5.45. The lowest BCUT2D eigenvalue weighted by molar-refractivity contribution is -0.127. The van der Waals surface area contributed by atoms with Gasteiger partial charge in [-0.1, -0.05) is 6.92 Å². The van der Waals surface area contributed by atoms with Crippen LogP contribution in [0.1, 0.15) is 50.6 Å². The molecule has 3 heterocycles. The van der Waals surface area contributed by atoms with E-state index in [2.05, 4.69) is 22.1 Å². The highest BCUT2D eigenvalue weighted by Gasteiger charge is 2.30. The second-order valence-corrected chi connectivity index (χ2v) is 6.90. The lowest BCUT2D eigenvalue weighted by atomic mass is 9.92. The van der Waals surface area contributed by atoms with E-state index >= 15 is 0 Å². The van der Waals surface area contributed by atoms with Crippen molar-refractivity contribution in [3.8, 4) is 0 Å². The first-order chi connectivity index (χ1) is 11.8. The quantitative estimate of drug-likeness (QED) is 0.901. The fourth-order valence-electron chi connectivity index (χ4n) is 3.88. The summed E-state index contributed by atoms with van der Waals surface area (Å²) >= 11 is 0. The fraction of sp³-hybridized carbons (Fsp3) is 0.684. The molecule has 0 aliphatic carbocycles. The number of likely N-dealkylation sites (tertiary alicyclic amines) is 1. The van der Waals surface area contributed by atoms with Crippen LogP contribution in [-0.4, -0.2) is 48.1 Å². The molecule has 2 fully saturated rings. The van der Waals surface area contributed by atoms with Crippen LogP contribution in [0.5, 0.6) is 0 Å². The molecular weight excluding hydrogens is 302 g/mol. The monoisotopic (exact) mass is 331 g/mol. The molecule has 1 amide bonds. The molecule has 132 valence electrons. The molecule has 0 aromatic carbocycles. The molecule has 24 heavy (non-hydrogen) atoms. The number of rotatable bonds is 5. The summed E-state index contributed by atoms with van der Waals surface area (Å²) in [5, 5.41) is 3.24. The summed E-state index contributed by atoms with van der Waals surface area (Å²) in [6.45, 7) is 5.95. The van der Waals surface area contributed by atoms with Gasteiger partial charge in [0.2, 0.25) is 5.91 Å². The number of pyridine rings is 1. The third kappa shape index (κ3) is 4.33. The van der Waals surface area contributed by atoms with E-state index in [-0.39, 0.29) is 17.9 Å². The van der Waals surface area contributed by atoms with Crippen molar-refractivity contribution < 1.29 is 9.53 Å². The molecule has 2 aliphatic heterocycles. The van der Waals surface area contributed by atoms with Gasteiger partial charge >= 0.3 is 0 Å². The number of carbonyl (C=O) groups excluding carboxylic acids is 1. The van der Waals surface area contributed by atoms with Crippen LogP contribution in [0.3, 0.4) is 0 Å². The molecule has 1 N–H and O–H groups in total. The van der Waals surface area contributed by atoms with Gasteiger partial charge in [0, 0.05) is 37.6 Å². The average Bonchev–Trinajstić information content (AvgIpc) is 2.67. The lowest BCUT2D eigenvalue weighted by Crippen LogP contribution is -2.47. The maximum absolute atomic E-state index is 12.7. The zero-order chi connectivity index (χ0) is 16.8. The predicted molar refractivity (Wildman–Crippen MR) is 93.5 cm³/mol. The Morgan fingerprint density at radius 3 is 2.54 bits per heavy atom. The first kappa shape index (κ1) is 17.4. The van der Waals surface area contributed by atoms with Crippen molar-refractivity contribution in [1.29, 1.82) is 0 Å². The Hall–Kier alpha value is -1.46. The molecule has 1 aromatic heterocycles. The average molecular weight is 331 g/mol. The summed E-state index contributed by atoms with van der Waals surface area (Å²) in [6.07, 6.45) is 8.68. The van der Waals surface area contributed by atoms with Crippen molar-refractivity contribution in [3.05, 3.63) is 30.1 Å². The van der Waals surface area contributed by atoms with Crippen molar-refractivity contribution in [2.45, 2.75) is 51.1 Å². The van der Waals surface area contributed by atoms with E-state index in [4.69, 9.17) is 4.74 Å². The maximum atomic E-state index is 12.7. The molecule has 1 aromatic rings. The topological polar surface area (TPSA) is 54.5 Å². The minimum absolute atomic E-state index is 0.0917. The fourth-order valence-corrected chi connectivity index (χ4v) is 3.88. The molecule has 0 saturated carbocycles. The van der Waals surface area contributed by atoms with Crippen LogP contribution in [0.15, 0.2) is 24.5 Å². The van der Waals surface area contributed by atoms with Gasteiger partial charge < -0.3 is 15.0 Å². The van der Waals surface area contributed by atoms with E-state index in [1.54, 1.807) is 12.4 Å². The number of carbonyl (C=O) groups is 1. The first-order valence-electron chi connectivity index (χ1n) is 9.30. The molecule has 2 saturated heterocycles. The Balaban J connectivity index is 1.49. The summed E-state index contributed by atoms with van der Waals surface area (Å²) in [7, 11) is 0. The van der Waals surface area contributed by atoms with Crippen LogP contribution >= 0.6 is 0 Å². The minimum atomic E-state index is 0.0917. The van der Waals surface area contributed by atoms with Crippen LogP contribution in [0.25, 0.3) is 0 Å². The normalized spacial score (nSPS) is 22.2. The Morgan fingerprint density at radius 1 is 1.25 bits per heavy atom. The second-order valence-electron chi connectivity index (χ2n) is 6.90. The summed E-state index contributed by atoms with van der Waals surface area (Å²) in [4.78, 5) is 19.3. The molecule has 5 nitrogen and oxygen atoms in total. The third-order valence-corrected chi connectivity index (χ3v) is 5.44. The predicted octanol–water partition coefficient (Wildman–Crippen LogP) is 2.54. The molecule has 1 atom stereocenters. The largest absolute Gasteiger partial charge is 0.381 e. The van der Waals surface area contributed by atoms with Crippen LogP contribution in [0.4, 0.5) is 0 Å². The summed E-state index contributed by atoms with van der Waals surface area (Å²) in [5.74, 6) is 0.363. The van der Waals surface area contributed by atoms with Crippen molar-refractivity contribution in [1.82, 2.24) is 15.2 Å². The number of piperidine rings is 1. The van der Waals surface area contributed by atoms with E-state index in [1.807, 2.05) is 12.1 Å². The highest BCUT2D eigenvalue weighted by atomic mass is 16.5.